The van der Waals surface area contributed by atoms with Crippen LogP contribution in [-0.2, 0) is 0 Å². The van der Waals surface area contributed by atoms with Gasteiger partial charge in [0.05, 0.1) is 0 Å². The van der Waals surface area contributed by atoms with Crippen LogP contribution in [0, 0.1) is 13.8 Å². The summed E-state index contributed by atoms with van der Waals surface area (Å²) in [6, 6.07) is 15.3. The Morgan fingerprint density at radius 2 is 1.68 bits per heavy atom. The first-order valence-electron chi connectivity index (χ1n) is 6.26. The average molecular weight is 250 g/mol. The molecule has 0 aliphatic carbocycles. The van der Waals surface area contributed by atoms with Crippen molar-refractivity contribution < 1.29 is 9.21 Å². The lowest BCUT2D eigenvalue weighted by Crippen LogP contribution is -2.01. The third kappa shape index (κ3) is 1.95. The van der Waals surface area contributed by atoms with E-state index in [4.69, 9.17) is 4.42 Å². The maximum absolute atomic E-state index is 12.5. The van der Waals surface area contributed by atoms with Crippen LogP contribution in [0.2, 0.25) is 0 Å². The van der Waals surface area contributed by atoms with E-state index in [0.717, 1.165) is 22.1 Å². The first kappa shape index (κ1) is 11.7. The number of hydrogen-bond acceptors (Lipinski definition) is 2. The molecule has 3 rings (SSSR count). The lowest BCUT2D eigenvalue weighted by atomic mass is 10.0. The number of para-hydroxylation sites is 1. The van der Waals surface area contributed by atoms with E-state index in [9.17, 15) is 4.79 Å². The second kappa shape index (κ2) is 4.39. The highest BCUT2D eigenvalue weighted by Crippen LogP contribution is 2.24. The Morgan fingerprint density at radius 1 is 0.947 bits per heavy atom. The summed E-state index contributed by atoms with van der Waals surface area (Å²) in [5, 5.41) is 0.969. The molecule has 94 valence electrons. The van der Waals surface area contributed by atoms with Crippen LogP contribution in [0.3, 0.4) is 0 Å². The van der Waals surface area contributed by atoms with Crippen LogP contribution in [-0.4, -0.2) is 5.78 Å². The maximum Gasteiger partial charge on any atom is 0.228 e. The third-order valence-corrected chi connectivity index (χ3v) is 3.35. The summed E-state index contributed by atoms with van der Waals surface area (Å²) in [5.74, 6) is 0.340. The number of fused-ring (bicyclic) bond motifs is 1. The number of carbonyl (C=O) groups is 1. The minimum absolute atomic E-state index is 0.0614. The SMILES string of the molecule is Cc1ccccc1C(=O)c1cc2cccc(C)c2o1. The van der Waals surface area contributed by atoms with Crippen molar-refractivity contribution in [3.8, 4) is 0 Å². The summed E-state index contributed by atoms with van der Waals surface area (Å²) < 4.78 is 5.72. The first-order valence-corrected chi connectivity index (χ1v) is 6.26. The maximum atomic E-state index is 12.5. The molecule has 2 heteroatoms. The van der Waals surface area contributed by atoms with Gasteiger partial charge in [-0.2, -0.15) is 0 Å². The highest BCUT2D eigenvalue weighted by Gasteiger charge is 2.16. The van der Waals surface area contributed by atoms with Crippen molar-refractivity contribution in [3.63, 3.8) is 0 Å². The molecule has 2 aromatic carbocycles. The Morgan fingerprint density at radius 3 is 2.42 bits per heavy atom. The monoisotopic (exact) mass is 250 g/mol. The van der Waals surface area contributed by atoms with Gasteiger partial charge in [-0.05, 0) is 31.0 Å². The van der Waals surface area contributed by atoms with Gasteiger partial charge in [0.2, 0.25) is 5.78 Å². The fourth-order valence-corrected chi connectivity index (χ4v) is 2.28. The van der Waals surface area contributed by atoms with E-state index in [1.165, 1.54) is 0 Å². The molecule has 0 saturated carbocycles. The lowest BCUT2D eigenvalue weighted by molar-refractivity contribution is 0.101. The number of rotatable bonds is 2. The zero-order valence-electron chi connectivity index (χ0n) is 10.9. The Hall–Kier alpha value is -2.35. The van der Waals surface area contributed by atoms with Gasteiger partial charge < -0.3 is 4.42 Å². The summed E-state index contributed by atoms with van der Waals surface area (Å²) in [7, 11) is 0. The average Bonchev–Trinajstić information content (AvgIpc) is 2.84. The minimum atomic E-state index is -0.0614. The molecule has 0 spiro atoms. The van der Waals surface area contributed by atoms with E-state index in [1.807, 2.05) is 62.4 Å². The summed E-state index contributed by atoms with van der Waals surface area (Å²) in [6.45, 7) is 3.91. The Balaban J connectivity index is 2.12. The van der Waals surface area contributed by atoms with Crippen molar-refractivity contribution in [2.75, 3.05) is 0 Å². The zero-order valence-corrected chi connectivity index (χ0v) is 10.9. The molecule has 0 atom stereocenters. The fourth-order valence-electron chi connectivity index (χ4n) is 2.28. The summed E-state index contributed by atoms with van der Waals surface area (Å²) in [5.41, 5.74) is 3.49. The normalized spacial score (nSPS) is 10.8. The van der Waals surface area contributed by atoms with E-state index < -0.39 is 0 Å². The Bertz CT molecular complexity index is 766. The molecule has 0 aliphatic heterocycles. The van der Waals surface area contributed by atoms with Crippen LogP contribution in [0.25, 0.3) is 11.0 Å². The van der Waals surface area contributed by atoms with Crippen LogP contribution in [0.4, 0.5) is 0 Å². The van der Waals surface area contributed by atoms with Crippen LogP contribution in [0.15, 0.2) is 52.9 Å². The molecule has 19 heavy (non-hydrogen) atoms. The van der Waals surface area contributed by atoms with Crippen molar-refractivity contribution in [2.24, 2.45) is 0 Å². The molecule has 0 N–H and O–H groups in total. The number of hydrogen-bond donors (Lipinski definition) is 0. The molecule has 0 unspecified atom stereocenters. The minimum Gasteiger partial charge on any atom is -0.452 e. The van der Waals surface area contributed by atoms with E-state index in [1.54, 1.807) is 0 Å². The smallest absolute Gasteiger partial charge is 0.228 e. The molecule has 3 aromatic rings. The quantitative estimate of drug-likeness (QED) is 0.635. The highest BCUT2D eigenvalue weighted by molar-refractivity contribution is 6.09. The van der Waals surface area contributed by atoms with E-state index in [-0.39, 0.29) is 5.78 Å². The fraction of sp³-hybridized carbons (Fsp3) is 0.118. The van der Waals surface area contributed by atoms with Crippen LogP contribution >= 0.6 is 0 Å². The standard InChI is InChI=1S/C17H14O2/c1-11-6-3-4-9-14(11)16(18)15-10-13-8-5-7-12(2)17(13)19-15/h3-10H,1-2H3. The number of ketones is 1. The summed E-state index contributed by atoms with van der Waals surface area (Å²) in [6.07, 6.45) is 0. The molecule has 0 radical (unpaired) electrons. The van der Waals surface area contributed by atoms with Gasteiger partial charge >= 0.3 is 0 Å². The van der Waals surface area contributed by atoms with Gasteiger partial charge in [-0.3, -0.25) is 4.79 Å². The molecule has 0 fully saturated rings. The van der Waals surface area contributed by atoms with Crippen molar-refractivity contribution in [2.45, 2.75) is 13.8 Å². The highest BCUT2D eigenvalue weighted by atomic mass is 16.3. The van der Waals surface area contributed by atoms with Crippen LogP contribution < -0.4 is 0 Å². The van der Waals surface area contributed by atoms with Crippen molar-refractivity contribution in [1.29, 1.82) is 0 Å². The molecule has 1 aromatic heterocycles. The molecule has 0 saturated heterocycles. The van der Waals surface area contributed by atoms with Gasteiger partial charge in [0.1, 0.15) is 5.58 Å². The number of aryl methyl sites for hydroxylation is 2. The molecular weight excluding hydrogens is 236 g/mol. The lowest BCUT2D eigenvalue weighted by Gasteiger charge is -2.01. The molecule has 2 nitrogen and oxygen atoms in total. The predicted molar refractivity (Wildman–Crippen MR) is 75.6 cm³/mol. The zero-order chi connectivity index (χ0) is 13.4. The molecule has 0 aliphatic rings. The second-order valence-electron chi connectivity index (χ2n) is 4.75. The predicted octanol–water partition coefficient (Wildman–Crippen LogP) is 4.28. The van der Waals surface area contributed by atoms with Crippen molar-refractivity contribution in [1.82, 2.24) is 0 Å². The first-order chi connectivity index (χ1) is 9.16. The van der Waals surface area contributed by atoms with Crippen molar-refractivity contribution in [3.05, 3.63) is 71.0 Å². The number of benzene rings is 2. The van der Waals surface area contributed by atoms with E-state index >= 15 is 0 Å². The van der Waals surface area contributed by atoms with Gasteiger partial charge in [-0.1, -0.05) is 42.5 Å². The van der Waals surface area contributed by atoms with Gasteiger partial charge in [0.25, 0.3) is 0 Å². The van der Waals surface area contributed by atoms with E-state index in [0.29, 0.717) is 11.3 Å². The third-order valence-electron chi connectivity index (χ3n) is 3.35. The molecule has 0 bridgehead atoms. The Kier molecular flexibility index (Phi) is 2.71. The van der Waals surface area contributed by atoms with Gasteiger partial charge in [-0.15, -0.1) is 0 Å². The summed E-state index contributed by atoms with van der Waals surface area (Å²) >= 11 is 0. The number of furan rings is 1. The Labute approximate surface area is 111 Å². The molecule has 0 amide bonds. The molecular formula is C17H14O2. The van der Waals surface area contributed by atoms with Gasteiger partial charge in [-0.25, -0.2) is 0 Å². The van der Waals surface area contributed by atoms with Crippen LogP contribution in [0.5, 0.6) is 0 Å². The summed E-state index contributed by atoms with van der Waals surface area (Å²) in [4.78, 5) is 12.5. The second-order valence-corrected chi connectivity index (χ2v) is 4.75. The topological polar surface area (TPSA) is 30.2 Å². The molecule has 1 heterocycles. The van der Waals surface area contributed by atoms with Crippen molar-refractivity contribution >= 4 is 16.8 Å². The van der Waals surface area contributed by atoms with Gasteiger partial charge in [0, 0.05) is 10.9 Å². The van der Waals surface area contributed by atoms with Crippen LogP contribution in [0.1, 0.15) is 27.2 Å². The largest absolute Gasteiger partial charge is 0.452 e. The van der Waals surface area contributed by atoms with E-state index in [2.05, 4.69) is 0 Å². The number of carbonyl (C=O) groups excluding carboxylic acids is 1. The van der Waals surface area contributed by atoms with Gasteiger partial charge in [0.15, 0.2) is 5.76 Å².